The summed E-state index contributed by atoms with van der Waals surface area (Å²) in [6.45, 7) is 0.258. The maximum atomic E-state index is 12.1. The molecule has 0 radical (unpaired) electrons. The summed E-state index contributed by atoms with van der Waals surface area (Å²) in [5.41, 5.74) is 0.0763. The van der Waals surface area contributed by atoms with Gasteiger partial charge in [-0.3, -0.25) is 19.3 Å². The van der Waals surface area contributed by atoms with E-state index in [1.54, 1.807) is 0 Å². The first-order valence-electron chi connectivity index (χ1n) is 9.05. The number of hydrogen-bond acceptors (Lipinski definition) is 6. The molecule has 2 N–H and O–H groups in total. The van der Waals surface area contributed by atoms with Crippen molar-refractivity contribution in [1.29, 1.82) is 0 Å². The molecular weight excluding hydrogens is 362 g/mol. The van der Waals surface area contributed by atoms with Crippen LogP contribution in [0, 0.1) is 0 Å². The standard InChI is InChI=1S/C20H21N3O5/c24-17-16(12-21-15-8-6-14(7-9-15)19(26)27)18(25)23(20(28)22-17)11-10-13-4-2-1-3-5-13/h4,6-9,12,25H,1-3,5,10-11H2,(H,26,27)(H,22,24,28)/p-1. The van der Waals surface area contributed by atoms with Crippen molar-refractivity contribution >= 4 is 17.9 Å². The molecule has 0 unspecified atom stereocenters. The summed E-state index contributed by atoms with van der Waals surface area (Å²) in [4.78, 5) is 41.2. The highest BCUT2D eigenvalue weighted by atomic mass is 16.4. The van der Waals surface area contributed by atoms with Crippen LogP contribution in [-0.4, -0.2) is 26.8 Å². The summed E-state index contributed by atoms with van der Waals surface area (Å²) >= 11 is 0. The second kappa shape index (κ2) is 8.51. The number of hydrogen-bond donors (Lipinski definition) is 2. The Morgan fingerprint density at radius 2 is 2.00 bits per heavy atom. The van der Waals surface area contributed by atoms with Gasteiger partial charge in [0.1, 0.15) is 5.56 Å². The second-order valence-electron chi connectivity index (χ2n) is 6.60. The Morgan fingerprint density at radius 3 is 2.64 bits per heavy atom. The minimum absolute atomic E-state index is 0.00483. The molecule has 0 fully saturated rings. The van der Waals surface area contributed by atoms with Crippen molar-refractivity contribution in [2.75, 3.05) is 0 Å². The van der Waals surface area contributed by atoms with Gasteiger partial charge in [0.05, 0.1) is 11.7 Å². The molecule has 1 heterocycles. The van der Waals surface area contributed by atoms with Crippen LogP contribution < -0.4 is 16.4 Å². The van der Waals surface area contributed by atoms with Crippen molar-refractivity contribution in [2.45, 2.75) is 38.6 Å². The molecule has 0 atom stereocenters. The number of aliphatic imine (C=N–C) groups is 1. The van der Waals surface area contributed by atoms with Gasteiger partial charge in [0.15, 0.2) is 0 Å². The number of allylic oxidation sites excluding steroid dienone is 2. The predicted molar refractivity (Wildman–Crippen MR) is 102 cm³/mol. The second-order valence-corrected chi connectivity index (χ2v) is 6.60. The lowest BCUT2D eigenvalue weighted by molar-refractivity contribution is -0.255. The highest BCUT2D eigenvalue weighted by Crippen LogP contribution is 2.21. The molecule has 0 bridgehead atoms. The molecule has 0 spiro atoms. The van der Waals surface area contributed by atoms with E-state index >= 15 is 0 Å². The van der Waals surface area contributed by atoms with Gasteiger partial charge in [0, 0.05) is 12.8 Å². The number of rotatable bonds is 6. The number of aromatic carboxylic acids is 1. The molecule has 0 aliphatic heterocycles. The van der Waals surface area contributed by atoms with Crippen LogP contribution in [0.3, 0.4) is 0 Å². The van der Waals surface area contributed by atoms with Gasteiger partial charge in [-0.1, -0.05) is 23.8 Å². The smallest absolute Gasteiger partial charge is 0.331 e. The minimum atomic E-state index is -1.30. The molecule has 1 aliphatic rings. The molecule has 1 aliphatic carbocycles. The van der Waals surface area contributed by atoms with E-state index in [2.05, 4.69) is 16.1 Å². The van der Waals surface area contributed by atoms with Crippen LogP contribution in [0.4, 0.5) is 5.69 Å². The van der Waals surface area contributed by atoms with E-state index < -0.39 is 23.1 Å². The van der Waals surface area contributed by atoms with Crippen LogP contribution >= 0.6 is 0 Å². The van der Waals surface area contributed by atoms with Crippen molar-refractivity contribution in [1.82, 2.24) is 9.55 Å². The number of carboxylic acids is 1. The van der Waals surface area contributed by atoms with Gasteiger partial charge in [-0.2, -0.15) is 0 Å². The van der Waals surface area contributed by atoms with Crippen LogP contribution in [-0.2, 0) is 6.54 Å². The Hall–Kier alpha value is -3.42. The molecule has 0 amide bonds. The SMILES string of the molecule is O=C([O-])c1ccc(N=Cc2c(O)n(CCC3=CCCCC3)c(=O)[nH]c2=O)cc1. The van der Waals surface area contributed by atoms with E-state index in [1.165, 1.54) is 29.8 Å². The average molecular weight is 382 g/mol. The van der Waals surface area contributed by atoms with Crippen molar-refractivity contribution in [2.24, 2.45) is 4.99 Å². The predicted octanol–water partition coefficient (Wildman–Crippen LogP) is 1.25. The van der Waals surface area contributed by atoms with Gasteiger partial charge in [-0.25, -0.2) is 4.79 Å². The maximum absolute atomic E-state index is 12.1. The molecule has 1 aromatic heterocycles. The first kappa shape index (κ1) is 19.3. The summed E-state index contributed by atoms with van der Waals surface area (Å²) in [6, 6.07) is 5.53. The monoisotopic (exact) mass is 382 g/mol. The van der Waals surface area contributed by atoms with Crippen LogP contribution in [0.25, 0.3) is 0 Å². The number of nitrogens with zero attached hydrogens (tertiary/aromatic N) is 2. The van der Waals surface area contributed by atoms with Crippen molar-refractivity contribution in [3.8, 4) is 5.88 Å². The van der Waals surface area contributed by atoms with Crippen molar-refractivity contribution in [3.63, 3.8) is 0 Å². The van der Waals surface area contributed by atoms with Crippen LogP contribution in [0.2, 0.25) is 0 Å². The number of aromatic hydroxyl groups is 1. The lowest BCUT2D eigenvalue weighted by Gasteiger charge is -2.14. The minimum Gasteiger partial charge on any atom is -0.545 e. The van der Waals surface area contributed by atoms with Gasteiger partial charge < -0.3 is 15.0 Å². The number of carbonyl (C=O) groups excluding carboxylic acids is 1. The van der Waals surface area contributed by atoms with Gasteiger partial charge in [0.25, 0.3) is 5.56 Å². The summed E-state index contributed by atoms with van der Waals surface area (Å²) in [5.74, 6) is -1.75. The van der Waals surface area contributed by atoms with Gasteiger partial charge in [-0.15, -0.1) is 0 Å². The van der Waals surface area contributed by atoms with Crippen LogP contribution in [0.5, 0.6) is 5.88 Å². The first-order chi connectivity index (χ1) is 13.5. The third kappa shape index (κ3) is 4.46. The quantitative estimate of drug-likeness (QED) is 0.574. The number of aromatic amines is 1. The largest absolute Gasteiger partial charge is 0.545 e. The number of carboxylic acid groups (broad SMARTS) is 1. The van der Waals surface area contributed by atoms with Gasteiger partial charge in [-0.05, 0) is 49.8 Å². The van der Waals surface area contributed by atoms with E-state index in [0.717, 1.165) is 36.5 Å². The first-order valence-corrected chi connectivity index (χ1v) is 9.05. The third-order valence-corrected chi connectivity index (χ3v) is 4.69. The Morgan fingerprint density at radius 1 is 1.25 bits per heavy atom. The van der Waals surface area contributed by atoms with E-state index in [4.69, 9.17) is 0 Å². The molecule has 8 nitrogen and oxygen atoms in total. The Kier molecular flexibility index (Phi) is 5.88. The summed E-state index contributed by atoms with van der Waals surface area (Å²) in [5, 5.41) is 21.2. The van der Waals surface area contributed by atoms with E-state index in [9.17, 15) is 24.6 Å². The molecule has 8 heteroatoms. The van der Waals surface area contributed by atoms with E-state index in [1.807, 2.05) is 0 Å². The average Bonchev–Trinajstić information content (AvgIpc) is 2.68. The van der Waals surface area contributed by atoms with E-state index in [0.29, 0.717) is 12.1 Å². The summed E-state index contributed by atoms with van der Waals surface area (Å²) in [6.07, 6.45) is 8.23. The zero-order chi connectivity index (χ0) is 20.1. The van der Waals surface area contributed by atoms with Gasteiger partial charge >= 0.3 is 5.69 Å². The zero-order valence-corrected chi connectivity index (χ0v) is 15.2. The highest BCUT2D eigenvalue weighted by Gasteiger charge is 2.13. The molecule has 2 aromatic rings. The highest BCUT2D eigenvalue weighted by molar-refractivity contribution is 5.87. The molecule has 3 rings (SSSR count). The molecule has 0 saturated carbocycles. The molecular formula is C20H20N3O5-. The van der Waals surface area contributed by atoms with Crippen molar-refractivity contribution < 1.29 is 15.0 Å². The van der Waals surface area contributed by atoms with Gasteiger partial charge in [0.2, 0.25) is 5.88 Å². The third-order valence-electron chi connectivity index (χ3n) is 4.69. The van der Waals surface area contributed by atoms with Crippen LogP contribution in [0.15, 0.2) is 50.5 Å². The fourth-order valence-electron chi connectivity index (χ4n) is 3.11. The van der Waals surface area contributed by atoms with E-state index in [-0.39, 0.29) is 17.7 Å². The number of carbonyl (C=O) groups is 1. The fraction of sp³-hybridized carbons (Fsp3) is 0.300. The Labute approximate surface area is 160 Å². The number of nitrogens with one attached hydrogen (secondary N) is 1. The topological polar surface area (TPSA) is 128 Å². The molecule has 1 aromatic carbocycles. The van der Waals surface area contributed by atoms with Crippen molar-refractivity contribution in [3.05, 3.63) is 67.9 Å². The maximum Gasteiger partial charge on any atom is 0.331 e. The molecule has 146 valence electrons. The fourth-order valence-corrected chi connectivity index (χ4v) is 3.11. The Bertz CT molecular complexity index is 1040. The number of benzene rings is 1. The Balaban J connectivity index is 1.84. The zero-order valence-electron chi connectivity index (χ0n) is 15.2. The molecule has 28 heavy (non-hydrogen) atoms. The van der Waals surface area contributed by atoms with Crippen LogP contribution in [0.1, 0.15) is 48.0 Å². The summed E-state index contributed by atoms with van der Waals surface area (Å²) in [7, 11) is 0. The number of H-pyrrole nitrogens is 1. The molecule has 0 saturated heterocycles. The normalized spacial score (nSPS) is 14.2. The lowest BCUT2D eigenvalue weighted by atomic mass is 9.97. The lowest BCUT2D eigenvalue weighted by Crippen LogP contribution is -2.32. The summed E-state index contributed by atoms with van der Waals surface area (Å²) < 4.78 is 1.12. The number of aromatic nitrogens is 2.